The molecule has 3 rings (SSSR count). The molecule has 0 spiro atoms. The molecule has 0 aliphatic heterocycles. The molecule has 1 aliphatic rings. The minimum Gasteiger partial charge on any atom is -0.481 e. The Morgan fingerprint density at radius 2 is 1.88 bits per heavy atom. The molecule has 0 radical (unpaired) electrons. The van der Waals surface area contributed by atoms with Crippen LogP contribution in [0.2, 0.25) is 5.02 Å². The van der Waals surface area contributed by atoms with E-state index in [4.69, 9.17) is 16.3 Å². The Balaban J connectivity index is 1.65. The van der Waals surface area contributed by atoms with E-state index in [1.165, 1.54) is 24.0 Å². The number of rotatable bonds is 5. The van der Waals surface area contributed by atoms with Gasteiger partial charge in [0.25, 0.3) is 5.91 Å². The van der Waals surface area contributed by atoms with Crippen molar-refractivity contribution < 1.29 is 9.53 Å². The molecule has 132 valence electrons. The van der Waals surface area contributed by atoms with E-state index in [1.54, 1.807) is 11.9 Å². The van der Waals surface area contributed by atoms with E-state index in [0.717, 1.165) is 24.2 Å². The highest BCUT2D eigenvalue weighted by molar-refractivity contribution is 6.30. The van der Waals surface area contributed by atoms with Gasteiger partial charge in [0.1, 0.15) is 5.75 Å². The molecule has 25 heavy (non-hydrogen) atoms. The first-order valence-electron chi connectivity index (χ1n) is 8.81. The highest BCUT2D eigenvalue weighted by Gasteiger charge is 2.22. The van der Waals surface area contributed by atoms with Gasteiger partial charge in [-0.2, -0.15) is 0 Å². The van der Waals surface area contributed by atoms with Gasteiger partial charge in [-0.1, -0.05) is 35.9 Å². The van der Waals surface area contributed by atoms with Crippen molar-refractivity contribution in [3.8, 4) is 5.75 Å². The van der Waals surface area contributed by atoms with Gasteiger partial charge < -0.3 is 9.64 Å². The fourth-order valence-corrected chi connectivity index (χ4v) is 3.48. The molecule has 0 N–H and O–H groups in total. The van der Waals surface area contributed by atoms with Crippen molar-refractivity contribution in [1.29, 1.82) is 0 Å². The first-order valence-corrected chi connectivity index (χ1v) is 9.19. The molecule has 0 bridgehead atoms. The van der Waals surface area contributed by atoms with Crippen LogP contribution in [-0.4, -0.2) is 24.0 Å². The second kappa shape index (κ2) is 7.92. The van der Waals surface area contributed by atoms with Crippen LogP contribution in [0.5, 0.6) is 5.75 Å². The number of hydrogen-bond acceptors (Lipinski definition) is 2. The Morgan fingerprint density at radius 1 is 1.16 bits per heavy atom. The Kier molecular flexibility index (Phi) is 5.64. The first kappa shape index (κ1) is 17.8. The van der Waals surface area contributed by atoms with Gasteiger partial charge in [-0.05, 0) is 67.5 Å². The van der Waals surface area contributed by atoms with Gasteiger partial charge in [-0.15, -0.1) is 0 Å². The van der Waals surface area contributed by atoms with Crippen LogP contribution >= 0.6 is 11.6 Å². The van der Waals surface area contributed by atoms with Gasteiger partial charge in [0.05, 0.1) is 0 Å². The fourth-order valence-electron chi connectivity index (χ4n) is 3.35. The van der Waals surface area contributed by atoms with E-state index < -0.39 is 6.10 Å². The second-order valence-electron chi connectivity index (χ2n) is 6.68. The van der Waals surface area contributed by atoms with Gasteiger partial charge in [0.2, 0.25) is 0 Å². The Bertz CT molecular complexity index is 742. The molecule has 0 unspecified atom stereocenters. The van der Waals surface area contributed by atoms with Crippen molar-refractivity contribution >= 4 is 17.5 Å². The predicted molar refractivity (Wildman–Crippen MR) is 101 cm³/mol. The summed E-state index contributed by atoms with van der Waals surface area (Å²) in [5, 5.41) is 0.697. The highest BCUT2D eigenvalue weighted by Crippen LogP contribution is 2.30. The fraction of sp³-hybridized carbons (Fsp3) is 0.381. The lowest BCUT2D eigenvalue weighted by molar-refractivity contribution is -0.137. The second-order valence-corrected chi connectivity index (χ2v) is 7.12. The number of ether oxygens (including phenoxy) is 1. The van der Waals surface area contributed by atoms with E-state index in [1.807, 2.05) is 43.3 Å². The van der Waals surface area contributed by atoms with Gasteiger partial charge in [-0.25, -0.2) is 0 Å². The number of carbonyl (C=O) groups is 1. The van der Waals surface area contributed by atoms with Crippen LogP contribution < -0.4 is 4.74 Å². The summed E-state index contributed by atoms with van der Waals surface area (Å²) in [5.41, 5.74) is 3.68. The van der Waals surface area contributed by atoms with Crippen LogP contribution in [0.4, 0.5) is 0 Å². The average Bonchev–Trinajstić information content (AvgIpc) is 2.63. The predicted octanol–water partition coefficient (Wildman–Crippen LogP) is 4.64. The maximum absolute atomic E-state index is 12.7. The minimum absolute atomic E-state index is 0.0247. The van der Waals surface area contributed by atoms with Crippen molar-refractivity contribution in [3.05, 3.63) is 64.2 Å². The lowest BCUT2D eigenvalue weighted by atomic mass is 9.91. The molecule has 4 heteroatoms. The van der Waals surface area contributed by atoms with Crippen molar-refractivity contribution in [1.82, 2.24) is 4.90 Å². The molecular formula is C21H24ClNO2. The molecule has 1 amide bonds. The van der Waals surface area contributed by atoms with E-state index in [0.29, 0.717) is 11.6 Å². The van der Waals surface area contributed by atoms with E-state index >= 15 is 0 Å². The first-order chi connectivity index (χ1) is 12.0. The molecule has 2 aromatic carbocycles. The average molecular weight is 358 g/mol. The van der Waals surface area contributed by atoms with E-state index in [-0.39, 0.29) is 5.91 Å². The third kappa shape index (κ3) is 4.35. The number of carbonyl (C=O) groups excluding carboxylic acids is 1. The van der Waals surface area contributed by atoms with Crippen molar-refractivity contribution in [3.63, 3.8) is 0 Å². The quantitative estimate of drug-likeness (QED) is 0.779. The molecule has 0 fully saturated rings. The topological polar surface area (TPSA) is 29.5 Å². The van der Waals surface area contributed by atoms with Gasteiger partial charge in [-0.3, -0.25) is 4.79 Å². The SMILES string of the molecule is C[C@H](Oc1cccc2c1CCCC2)C(=O)N(C)Cc1ccc(Cl)cc1. The molecule has 3 nitrogen and oxygen atoms in total. The number of benzene rings is 2. The maximum atomic E-state index is 12.7. The van der Waals surface area contributed by atoms with Crippen molar-refractivity contribution in [2.45, 2.75) is 45.3 Å². The number of amides is 1. The van der Waals surface area contributed by atoms with Crippen LogP contribution in [0.3, 0.4) is 0 Å². The molecule has 0 aromatic heterocycles. The van der Waals surface area contributed by atoms with E-state index in [2.05, 4.69) is 6.07 Å². The van der Waals surface area contributed by atoms with Crippen LogP contribution in [0, 0.1) is 0 Å². The summed E-state index contributed by atoms with van der Waals surface area (Å²) in [6.45, 7) is 2.36. The van der Waals surface area contributed by atoms with Gasteiger partial charge in [0.15, 0.2) is 6.10 Å². The zero-order valence-electron chi connectivity index (χ0n) is 14.8. The number of aryl methyl sites for hydroxylation is 1. The monoisotopic (exact) mass is 357 g/mol. The minimum atomic E-state index is -0.509. The Morgan fingerprint density at radius 3 is 2.64 bits per heavy atom. The maximum Gasteiger partial charge on any atom is 0.263 e. The summed E-state index contributed by atoms with van der Waals surface area (Å²) in [6.07, 6.45) is 4.05. The molecule has 0 saturated carbocycles. The number of nitrogens with zero attached hydrogens (tertiary/aromatic N) is 1. The molecule has 0 saturated heterocycles. The summed E-state index contributed by atoms with van der Waals surface area (Å²) in [6, 6.07) is 13.7. The number of hydrogen-bond donors (Lipinski definition) is 0. The van der Waals surface area contributed by atoms with Crippen molar-refractivity contribution in [2.24, 2.45) is 0 Å². The summed E-state index contributed by atoms with van der Waals surface area (Å²) in [7, 11) is 1.80. The summed E-state index contributed by atoms with van der Waals surface area (Å²) in [4.78, 5) is 14.4. The Hall–Kier alpha value is -2.00. The standard InChI is InChI=1S/C21H24ClNO2/c1-15(21(24)23(2)14-16-10-12-18(22)13-11-16)25-20-9-5-7-17-6-3-4-8-19(17)20/h5,7,9-13,15H,3-4,6,8,14H2,1-2H3/t15-/m0/s1. The summed E-state index contributed by atoms with van der Waals surface area (Å²) >= 11 is 5.91. The molecular weight excluding hydrogens is 334 g/mol. The van der Waals surface area contributed by atoms with Crippen LogP contribution in [-0.2, 0) is 24.2 Å². The highest BCUT2D eigenvalue weighted by atomic mass is 35.5. The zero-order chi connectivity index (χ0) is 17.8. The largest absolute Gasteiger partial charge is 0.481 e. The normalized spacial score (nSPS) is 14.5. The Labute approximate surface area is 154 Å². The number of likely N-dealkylation sites (N-methyl/N-ethyl adjacent to an activating group) is 1. The zero-order valence-corrected chi connectivity index (χ0v) is 15.6. The smallest absolute Gasteiger partial charge is 0.263 e. The van der Waals surface area contributed by atoms with Gasteiger partial charge >= 0.3 is 0 Å². The lowest BCUT2D eigenvalue weighted by Gasteiger charge is -2.25. The van der Waals surface area contributed by atoms with Crippen LogP contribution in [0.15, 0.2) is 42.5 Å². The van der Waals surface area contributed by atoms with Crippen LogP contribution in [0.1, 0.15) is 36.5 Å². The number of fused-ring (bicyclic) bond motifs is 1. The summed E-state index contributed by atoms with van der Waals surface area (Å²) < 4.78 is 6.04. The van der Waals surface area contributed by atoms with Crippen molar-refractivity contribution in [2.75, 3.05) is 7.05 Å². The third-order valence-electron chi connectivity index (χ3n) is 4.71. The molecule has 2 aromatic rings. The van der Waals surface area contributed by atoms with E-state index in [9.17, 15) is 4.79 Å². The van der Waals surface area contributed by atoms with Gasteiger partial charge in [0, 0.05) is 18.6 Å². The molecule has 0 heterocycles. The lowest BCUT2D eigenvalue weighted by Crippen LogP contribution is -2.37. The molecule has 1 atom stereocenters. The molecule has 1 aliphatic carbocycles. The third-order valence-corrected chi connectivity index (χ3v) is 4.97. The number of halogens is 1. The summed E-state index contributed by atoms with van der Waals surface area (Å²) in [5.74, 6) is 0.835. The van der Waals surface area contributed by atoms with Crippen LogP contribution in [0.25, 0.3) is 0 Å².